The van der Waals surface area contributed by atoms with Crippen LogP contribution in [0.2, 0.25) is 0 Å². The van der Waals surface area contributed by atoms with Gasteiger partial charge in [0, 0.05) is 18.2 Å². The van der Waals surface area contributed by atoms with E-state index in [-0.39, 0.29) is 11.8 Å². The summed E-state index contributed by atoms with van der Waals surface area (Å²) in [5.41, 5.74) is 8.93. The summed E-state index contributed by atoms with van der Waals surface area (Å²) in [5.74, 6) is 0.319. The van der Waals surface area contributed by atoms with Crippen LogP contribution in [0.15, 0.2) is 60.7 Å². The Bertz CT molecular complexity index is 1030. The standard InChI is InChI=1S/C18H15FN6/c19-14-8-4-5-12(9-14)11-21-18-23-17(20)22-16-10-15(24-25(16)18)13-6-2-1-3-7-13/h1-10H,11H2,(H3,20,21,22,23). The van der Waals surface area contributed by atoms with Gasteiger partial charge in [0.2, 0.25) is 11.9 Å². The average Bonchev–Trinajstić information content (AvgIpc) is 3.04. The van der Waals surface area contributed by atoms with Gasteiger partial charge in [0.25, 0.3) is 0 Å². The largest absolute Gasteiger partial charge is 0.368 e. The number of halogens is 1. The molecule has 0 bridgehead atoms. The van der Waals surface area contributed by atoms with Crippen molar-refractivity contribution in [3.05, 3.63) is 72.0 Å². The van der Waals surface area contributed by atoms with E-state index in [1.807, 2.05) is 42.5 Å². The Balaban J connectivity index is 1.69. The summed E-state index contributed by atoms with van der Waals surface area (Å²) in [6, 6.07) is 18.0. The number of hydrogen-bond donors (Lipinski definition) is 2. The first kappa shape index (κ1) is 15.1. The number of nitrogens with zero attached hydrogens (tertiary/aromatic N) is 4. The fraction of sp³-hybridized carbons (Fsp3) is 0.0556. The first-order chi connectivity index (χ1) is 12.2. The lowest BCUT2D eigenvalue weighted by molar-refractivity contribution is 0.626. The van der Waals surface area contributed by atoms with Crippen LogP contribution < -0.4 is 11.1 Å². The van der Waals surface area contributed by atoms with E-state index >= 15 is 0 Å². The zero-order chi connectivity index (χ0) is 17.2. The van der Waals surface area contributed by atoms with Crippen LogP contribution in [-0.2, 0) is 6.54 Å². The van der Waals surface area contributed by atoms with Gasteiger partial charge >= 0.3 is 0 Å². The second-order valence-corrected chi connectivity index (χ2v) is 5.55. The van der Waals surface area contributed by atoms with Crippen LogP contribution in [0, 0.1) is 5.82 Å². The van der Waals surface area contributed by atoms with Crippen LogP contribution in [0.4, 0.5) is 16.3 Å². The van der Waals surface area contributed by atoms with E-state index in [2.05, 4.69) is 20.4 Å². The number of hydrogen-bond acceptors (Lipinski definition) is 5. The molecule has 0 saturated carbocycles. The highest BCUT2D eigenvalue weighted by molar-refractivity contribution is 5.65. The number of rotatable bonds is 4. The number of fused-ring (bicyclic) bond motifs is 1. The van der Waals surface area contributed by atoms with Crippen molar-refractivity contribution in [2.24, 2.45) is 0 Å². The van der Waals surface area contributed by atoms with Crippen molar-refractivity contribution >= 4 is 17.5 Å². The Morgan fingerprint density at radius 2 is 1.84 bits per heavy atom. The summed E-state index contributed by atoms with van der Waals surface area (Å²) in [6.07, 6.45) is 0. The maximum atomic E-state index is 13.3. The van der Waals surface area contributed by atoms with Gasteiger partial charge in [0.05, 0.1) is 5.69 Å². The number of benzene rings is 2. The van der Waals surface area contributed by atoms with E-state index < -0.39 is 0 Å². The number of nitrogen functional groups attached to an aromatic ring is 1. The normalized spacial score (nSPS) is 10.9. The lowest BCUT2D eigenvalue weighted by Gasteiger charge is -2.08. The Morgan fingerprint density at radius 3 is 2.64 bits per heavy atom. The molecule has 3 N–H and O–H groups in total. The van der Waals surface area contributed by atoms with Crippen LogP contribution in [0.1, 0.15) is 5.56 Å². The molecule has 6 nitrogen and oxygen atoms in total. The van der Waals surface area contributed by atoms with Gasteiger partial charge in [-0.25, -0.2) is 4.39 Å². The molecule has 2 aromatic heterocycles. The quantitative estimate of drug-likeness (QED) is 0.599. The summed E-state index contributed by atoms with van der Waals surface area (Å²) in [5, 5.41) is 7.69. The van der Waals surface area contributed by atoms with E-state index in [0.29, 0.717) is 18.1 Å². The SMILES string of the molecule is Nc1nc(NCc2cccc(F)c2)n2nc(-c3ccccc3)cc2n1. The van der Waals surface area contributed by atoms with Crippen molar-refractivity contribution in [3.63, 3.8) is 0 Å². The maximum Gasteiger partial charge on any atom is 0.229 e. The van der Waals surface area contributed by atoms with E-state index in [0.717, 1.165) is 16.8 Å². The van der Waals surface area contributed by atoms with Crippen LogP contribution in [0.5, 0.6) is 0 Å². The van der Waals surface area contributed by atoms with Crippen molar-refractivity contribution in [3.8, 4) is 11.3 Å². The highest BCUT2D eigenvalue weighted by Gasteiger charge is 2.11. The first-order valence-corrected chi connectivity index (χ1v) is 7.76. The lowest BCUT2D eigenvalue weighted by Crippen LogP contribution is -2.10. The molecule has 4 rings (SSSR count). The van der Waals surface area contributed by atoms with E-state index in [4.69, 9.17) is 5.73 Å². The van der Waals surface area contributed by atoms with E-state index in [1.165, 1.54) is 12.1 Å². The van der Waals surface area contributed by atoms with Crippen molar-refractivity contribution in [2.75, 3.05) is 11.1 Å². The van der Waals surface area contributed by atoms with Gasteiger partial charge < -0.3 is 11.1 Å². The fourth-order valence-corrected chi connectivity index (χ4v) is 2.60. The van der Waals surface area contributed by atoms with Crippen molar-refractivity contribution < 1.29 is 4.39 Å². The van der Waals surface area contributed by atoms with Gasteiger partial charge in [0.1, 0.15) is 5.82 Å². The predicted molar refractivity (Wildman–Crippen MR) is 94.4 cm³/mol. The van der Waals surface area contributed by atoms with Crippen LogP contribution in [0.3, 0.4) is 0 Å². The van der Waals surface area contributed by atoms with Gasteiger partial charge in [-0.15, -0.1) is 0 Å². The summed E-state index contributed by atoms with van der Waals surface area (Å²) in [6.45, 7) is 0.393. The number of nitrogens with one attached hydrogen (secondary N) is 1. The fourth-order valence-electron chi connectivity index (χ4n) is 2.60. The minimum Gasteiger partial charge on any atom is -0.368 e. The Hall–Kier alpha value is -3.48. The molecule has 124 valence electrons. The first-order valence-electron chi connectivity index (χ1n) is 7.76. The minimum atomic E-state index is -0.280. The summed E-state index contributed by atoms with van der Waals surface area (Å²) >= 11 is 0. The molecule has 25 heavy (non-hydrogen) atoms. The molecular weight excluding hydrogens is 319 g/mol. The molecule has 7 heteroatoms. The molecule has 0 aliphatic rings. The van der Waals surface area contributed by atoms with E-state index in [1.54, 1.807) is 10.6 Å². The average molecular weight is 334 g/mol. The van der Waals surface area contributed by atoms with Crippen molar-refractivity contribution in [1.29, 1.82) is 0 Å². The van der Waals surface area contributed by atoms with Gasteiger partial charge in [-0.2, -0.15) is 19.6 Å². The third-order valence-electron chi connectivity index (χ3n) is 3.75. The molecule has 0 atom stereocenters. The topological polar surface area (TPSA) is 81.1 Å². The summed E-state index contributed by atoms with van der Waals surface area (Å²) < 4.78 is 14.9. The van der Waals surface area contributed by atoms with Gasteiger partial charge in [-0.1, -0.05) is 42.5 Å². The van der Waals surface area contributed by atoms with Crippen LogP contribution >= 0.6 is 0 Å². The number of anilines is 2. The number of aromatic nitrogens is 4. The molecule has 0 fully saturated rings. The lowest BCUT2D eigenvalue weighted by atomic mass is 10.2. The molecule has 0 spiro atoms. The predicted octanol–water partition coefficient (Wildman–Crippen LogP) is 3.12. The minimum absolute atomic E-state index is 0.147. The number of nitrogens with two attached hydrogens (primary N) is 1. The zero-order valence-corrected chi connectivity index (χ0v) is 13.2. The van der Waals surface area contributed by atoms with Crippen molar-refractivity contribution in [2.45, 2.75) is 6.54 Å². The second-order valence-electron chi connectivity index (χ2n) is 5.55. The molecule has 2 aromatic carbocycles. The molecule has 2 heterocycles. The van der Waals surface area contributed by atoms with Crippen LogP contribution in [-0.4, -0.2) is 19.6 Å². The molecule has 0 amide bonds. The third-order valence-corrected chi connectivity index (χ3v) is 3.75. The Morgan fingerprint density at radius 1 is 1.00 bits per heavy atom. The molecule has 0 radical (unpaired) electrons. The third kappa shape index (κ3) is 3.12. The smallest absolute Gasteiger partial charge is 0.229 e. The highest BCUT2D eigenvalue weighted by Crippen LogP contribution is 2.21. The monoisotopic (exact) mass is 334 g/mol. The van der Waals surface area contributed by atoms with Gasteiger partial charge in [0.15, 0.2) is 5.65 Å². The second kappa shape index (κ2) is 6.20. The molecular formula is C18H15FN6. The molecule has 4 aromatic rings. The van der Waals surface area contributed by atoms with Gasteiger partial charge in [-0.3, -0.25) is 0 Å². The Kier molecular flexibility index (Phi) is 3.74. The molecule has 0 unspecified atom stereocenters. The molecule has 0 saturated heterocycles. The maximum absolute atomic E-state index is 13.3. The van der Waals surface area contributed by atoms with Crippen molar-refractivity contribution in [1.82, 2.24) is 19.6 Å². The summed E-state index contributed by atoms with van der Waals surface area (Å²) in [4.78, 5) is 8.43. The molecule has 0 aliphatic carbocycles. The summed E-state index contributed by atoms with van der Waals surface area (Å²) in [7, 11) is 0. The Labute approximate surface area is 143 Å². The molecule has 0 aliphatic heterocycles. The highest BCUT2D eigenvalue weighted by atomic mass is 19.1. The van der Waals surface area contributed by atoms with Crippen LogP contribution in [0.25, 0.3) is 16.9 Å². The van der Waals surface area contributed by atoms with E-state index in [9.17, 15) is 4.39 Å². The van der Waals surface area contributed by atoms with Gasteiger partial charge in [-0.05, 0) is 17.7 Å². The zero-order valence-electron chi connectivity index (χ0n) is 13.2.